The molecule has 7 heteroatoms. The van der Waals surface area contributed by atoms with Gasteiger partial charge in [0.25, 0.3) is 5.91 Å². The van der Waals surface area contributed by atoms with E-state index in [4.69, 9.17) is 21.0 Å². The molecule has 2 aromatic carbocycles. The summed E-state index contributed by atoms with van der Waals surface area (Å²) in [5.41, 5.74) is 0.894. The summed E-state index contributed by atoms with van der Waals surface area (Å²) in [4.78, 5) is 23.3. The zero-order valence-electron chi connectivity index (χ0n) is 15.6. The number of carboxylic acids is 1. The summed E-state index contributed by atoms with van der Waals surface area (Å²) in [7, 11) is 0. The minimum atomic E-state index is -1.07. The Hall–Kier alpha value is -4.23. The van der Waals surface area contributed by atoms with Crippen LogP contribution in [0.2, 0.25) is 0 Å². The quantitative estimate of drug-likeness (QED) is 0.407. The first-order valence-electron chi connectivity index (χ1n) is 8.58. The predicted molar refractivity (Wildman–Crippen MR) is 108 cm³/mol. The number of rotatable bonds is 8. The number of carbonyl (C=O) groups excluding carboxylic acids is 1. The van der Waals surface area contributed by atoms with Crippen LogP contribution in [-0.4, -0.2) is 30.2 Å². The van der Waals surface area contributed by atoms with E-state index in [1.807, 2.05) is 13.0 Å². The van der Waals surface area contributed by atoms with Gasteiger partial charge in [-0.05, 0) is 55.0 Å². The maximum Gasteiger partial charge on any atom is 0.335 e. The molecule has 0 saturated heterocycles. The van der Waals surface area contributed by atoms with Gasteiger partial charge in [0.05, 0.1) is 12.2 Å². The lowest BCUT2D eigenvalue weighted by atomic mass is 10.1. The fourth-order valence-corrected chi connectivity index (χ4v) is 2.33. The van der Waals surface area contributed by atoms with Crippen LogP contribution >= 0.6 is 0 Å². The monoisotopic (exact) mass is 390 g/mol. The Balaban J connectivity index is 2.22. The second kappa shape index (κ2) is 10.2. The third-order valence-corrected chi connectivity index (χ3v) is 3.64. The topological polar surface area (TPSA) is 109 Å². The zero-order chi connectivity index (χ0) is 21.2. The van der Waals surface area contributed by atoms with Crippen molar-refractivity contribution < 1.29 is 24.2 Å². The molecule has 29 heavy (non-hydrogen) atoms. The average molecular weight is 390 g/mol. The highest BCUT2D eigenvalue weighted by atomic mass is 16.5. The summed E-state index contributed by atoms with van der Waals surface area (Å²) < 4.78 is 10.9. The smallest absolute Gasteiger partial charge is 0.335 e. The molecule has 0 aromatic heterocycles. The standard InChI is InChI=1S/C22H18N2O5/c1-3-11-29-19-10-5-15(13-20(19)28-4-2)12-17(14-23)21(25)24-18-8-6-16(7-9-18)22(26)27/h1,5-10,12-13H,4,11H2,2H3,(H,24,25)(H,26,27)/b17-12+. The van der Waals surface area contributed by atoms with E-state index in [1.54, 1.807) is 18.2 Å². The Morgan fingerprint density at radius 1 is 1.17 bits per heavy atom. The molecule has 0 spiro atoms. The van der Waals surface area contributed by atoms with Gasteiger partial charge < -0.3 is 19.9 Å². The zero-order valence-corrected chi connectivity index (χ0v) is 15.6. The molecular weight excluding hydrogens is 372 g/mol. The van der Waals surface area contributed by atoms with Gasteiger partial charge in [-0.15, -0.1) is 6.42 Å². The lowest BCUT2D eigenvalue weighted by molar-refractivity contribution is -0.112. The van der Waals surface area contributed by atoms with Crippen molar-refractivity contribution in [2.75, 3.05) is 18.5 Å². The number of ether oxygens (including phenoxy) is 2. The van der Waals surface area contributed by atoms with E-state index in [0.717, 1.165) is 0 Å². The molecule has 0 bridgehead atoms. The van der Waals surface area contributed by atoms with Crippen molar-refractivity contribution >= 4 is 23.6 Å². The molecule has 2 N–H and O–H groups in total. The van der Waals surface area contributed by atoms with Crippen molar-refractivity contribution in [3.05, 3.63) is 59.2 Å². The van der Waals surface area contributed by atoms with Crippen molar-refractivity contribution in [3.63, 3.8) is 0 Å². The number of carbonyl (C=O) groups is 2. The maximum atomic E-state index is 12.4. The third kappa shape index (κ3) is 5.88. The number of anilines is 1. The molecule has 0 atom stereocenters. The molecule has 0 radical (unpaired) electrons. The highest BCUT2D eigenvalue weighted by molar-refractivity contribution is 6.09. The molecule has 0 unspecified atom stereocenters. The molecule has 2 aromatic rings. The number of aromatic carboxylic acids is 1. The molecular formula is C22H18N2O5. The minimum absolute atomic E-state index is 0.0851. The molecule has 0 saturated carbocycles. The van der Waals surface area contributed by atoms with Gasteiger partial charge in [-0.25, -0.2) is 4.79 Å². The van der Waals surface area contributed by atoms with Gasteiger partial charge in [0, 0.05) is 5.69 Å². The largest absolute Gasteiger partial charge is 0.490 e. The van der Waals surface area contributed by atoms with Crippen LogP contribution in [0.3, 0.4) is 0 Å². The molecule has 0 aliphatic heterocycles. The second-order valence-corrected chi connectivity index (χ2v) is 5.64. The lowest BCUT2D eigenvalue weighted by Gasteiger charge is -2.11. The van der Waals surface area contributed by atoms with Gasteiger partial charge in [-0.1, -0.05) is 12.0 Å². The van der Waals surface area contributed by atoms with Gasteiger partial charge >= 0.3 is 5.97 Å². The number of hydrogen-bond acceptors (Lipinski definition) is 5. The van der Waals surface area contributed by atoms with Gasteiger partial charge in [0.2, 0.25) is 0 Å². The van der Waals surface area contributed by atoms with Gasteiger partial charge in [0.1, 0.15) is 18.2 Å². The summed E-state index contributed by atoms with van der Waals surface area (Å²) in [6.45, 7) is 2.30. The SMILES string of the molecule is C#CCOc1ccc(/C=C(\C#N)C(=O)Nc2ccc(C(=O)O)cc2)cc1OCC. The van der Waals surface area contributed by atoms with Crippen LogP contribution in [0.5, 0.6) is 11.5 Å². The third-order valence-electron chi connectivity index (χ3n) is 3.64. The number of nitrogens with one attached hydrogen (secondary N) is 1. The first-order chi connectivity index (χ1) is 14.0. The summed E-state index contributed by atoms with van der Waals surface area (Å²) in [5, 5.41) is 20.8. The van der Waals surface area contributed by atoms with E-state index < -0.39 is 11.9 Å². The van der Waals surface area contributed by atoms with E-state index in [0.29, 0.717) is 29.4 Å². The molecule has 0 aliphatic carbocycles. The van der Waals surface area contributed by atoms with E-state index in [-0.39, 0.29) is 17.7 Å². The fourth-order valence-electron chi connectivity index (χ4n) is 2.33. The van der Waals surface area contributed by atoms with Crippen LogP contribution in [0.25, 0.3) is 6.08 Å². The number of terminal acetylenes is 1. The number of benzene rings is 2. The Morgan fingerprint density at radius 2 is 1.90 bits per heavy atom. The normalized spacial score (nSPS) is 10.4. The number of nitrogens with zero attached hydrogens (tertiary/aromatic N) is 1. The Bertz CT molecular complexity index is 1010. The van der Waals surface area contributed by atoms with E-state index >= 15 is 0 Å². The Labute approximate surface area is 168 Å². The van der Waals surface area contributed by atoms with Crippen LogP contribution in [0.1, 0.15) is 22.8 Å². The van der Waals surface area contributed by atoms with Gasteiger partial charge in [-0.2, -0.15) is 5.26 Å². The highest BCUT2D eigenvalue weighted by Crippen LogP contribution is 2.29. The molecule has 146 valence electrons. The molecule has 0 aliphatic rings. The van der Waals surface area contributed by atoms with Crippen LogP contribution in [-0.2, 0) is 4.79 Å². The number of amides is 1. The average Bonchev–Trinajstić information content (AvgIpc) is 2.72. The first-order valence-corrected chi connectivity index (χ1v) is 8.58. The Kier molecular flexibility index (Phi) is 7.41. The number of nitriles is 1. The van der Waals surface area contributed by atoms with E-state index in [9.17, 15) is 14.9 Å². The summed E-state index contributed by atoms with van der Waals surface area (Å²) in [6.07, 6.45) is 6.61. The van der Waals surface area contributed by atoms with Crippen LogP contribution in [0, 0.1) is 23.7 Å². The number of hydrogen-bond donors (Lipinski definition) is 2. The highest BCUT2D eigenvalue weighted by Gasteiger charge is 2.12. The summed E-state index contributed by atoms with van der Waals surface area (Å²) >= 11 is 0. The van der Waals surface area contributed by atoms with Gasteiger partial charge in [-0.3, -0.25) is 4.79 Å². The first kappa shape index (κ1) is 21.1. The van der Waals surface area contributed by atoms with Crippen LogP contribution in [0.15, 0.2) is 48.0 Å². The lowest BCUT2D eigenvalue weighted by Crippen LogP contribution is -2.13. The second-order valence-electron chi connectivity index (χ2n) is 5.64. The molecule has 0 fully saturated rings. The molecule has 7 nitrogen and oxygen atoms in total. The van der Waals surface area contributed by atoms with E-state index in [1.165, 1.54) is 30.3 Å². The number of carboxylic acid groups (broad SMARTS) is 1. The van der Waals surface area contributed by atoms with Crippen LogP contribution < -0.4 is 14.8 Å². The van der Waals surface area contributed by atoms with Crippen molar-refractivity contribution in [1.82, 2.24) is 0 Å². The fraction of sp³-hybridized carbons (Fsp3) is 0.136. The summed E-state index contributed by atoms with van der Waals surface area (Å²) in [6, 6.07) is 12.4. The van der Waals surface area contributed by atoms with Crippen molar-refractivity contribution in [3.8, 4) is 29.9 Å². The maximum absolute atomic E-state index is 12.4. The van der Waals surface area contributed by atoms with E-state index in [2.05, 4.69) is 11.2 Å². The van der Waals surface area contributed by atoms with Crippen molar-refractivity contribution in [2.45, 2.75) is 6.92 Å². The molecule has 2 rings (SSSR count). The minimum Gasteiger partial charge on any atom is -0.490 e. The summed E-state index contributed by atoms with van der Waals surface area (Å²) in [5.74, 6) is 1.58. The van der Waals surface area contributed by atoms with Crippen LogP contribution in [0.4, 0.5) is 5.69 Å². The molecule has 1 amide bonds. The predicted octanol–water partition coefficient (Wildman–Crippen LogP) is 3.34. The van der Waals surface area contributed by atoms with Crippen molar-refractivity contribution in [2.24, 2.45) is 0 Å². The Morgan fingerprint density at radius 3 is 2.48 bits per heavy atom. The van der Waals surface area contributed by atoms with Gasteiger partial charge in [0.15, 0.2) is 11.5 Å². The molecule has 0 heterocycles. The van der Waals surface area contributed by atoms with Crippen molar-refractivity contribution in [1.29, 1.82) is 5.26 Å².